The molecule has 5 heterocycles. The highest BCUT2D eigenvalue weighted by molar-refractivity contribution is 5.85. The second kappa shape index (κ2) is 10.7. The highest BCUT2D eigenvalue weighted by Gasteiger charge is 2.26. The van der Waals surface area contributed by atoms with Gasteiger partial charge in [-0.3, -0.25) is 4.98 Å². The number of nitrogens with one attached hydrogen (secondary N) is 3. The van der Waals surface area contributed by atoms with Crippen LogP contribution in [0.2, 0.25) is 0 Å². The number of likely N-dealkylation sites (N-methyl/N-ethyl adjacent to an activating group) is 1. The first-order chi connectivity index (χ1) is 20.4. The van der Waals surface area contributed by atoms with Crippen LogP contribution in [0.15, 0.2) is 48.9 Å². The maximum absolute atomic E-state index is 14.2. The molecule has 1 aromatic carbocycles. The third-order valence-corrected chi connectivity index (χ3v) is 8.38. The number of carbonyl (C=O) groups is 1. The number of rotatable bonds is 5. The van der Waals surface area contributed by atoms with Crippen molar-refractivity contribution >= 4 is 28.5 Å². The van der Waals surface area contributed by atoms with Crippen LogP contribution in [0.4, 0.5) is 15.1 Å². The fourth-order valence-corrected chi connectivity index (χ4v) is 6.00. The fourth-order valence-electron chi connectivity index (χ4n) is 6.00. The van der Waals surface area contributed by atoms with E-state index in [1.165, 1.54) is 22.7 Å². The van der Waals surface area contributed by atoms with Gasteiger partial charge in [0.15, 0.2) is 11.5 Å². The number of H-pyrrole nitrogens is 1. The van der Waals surface area contributed by atoms with Crippen LogP contribution in [0.5, 0.6) is 0 Å². The Morgan fingerprint density at radius 1 is 1.12 bits per heavy atom. The van der Waals surface area contributed by atoms with Gasteiger partial charge in [0.1, 0.15) is 5.82 Å². The van der Waals surface area contributed by atoms with Crippen molar-refractivity contribution in [1.29, 1.82) is 0 Å². The fraction of sp³-hybridized carbons (Fsp3) is 0.367. The van der Waals surface area contributed by atoms with Gasteiger partial charge in [0.05, 0.1) is 18.4 Å². The maximum atomic E-state index is 14.2. The standard InChI is InChI=1S/C30H33FN10O/c1-18(34-30(42)40-11-9-39(2)10-12-40)24-17-33-41-28(24)37-27(19-13-20(31)16-32-15-19)38-29(41)35-21-7-8-26-23(14-21)22-5-3-4-6-25(22)36-26/h3-6,13,15-18,21,36H,7-12,14H2,1-2H3,(H,34,42)(H,35,37,38)/t18?,21-/m1/s1. The molecule has 1 aliphatic heterocycles. The van der Waals surface area contributed by atoms with Gasteiger partial charge in [-0.15, -0.1) is 0 Å². The minimum absolute atomic E-state index is 0.107. The SMILES string of the molecule is CC(NC(=O)N1CCN(C)CC1)c1cnn2c(N[C@@H]3CCc4[nH]c5ccccc5c4C3)nc(-c3cncc(F)c3)nc12. The van der Waals surface area contributed by atoms with Gasteiger partial charge < -0.3 is 25.4 Å². The molecular formula is C30H33FN10O. The Labute approximate surface area is 242 Å². The summed E-state index contributed by atoms with van der Waals surface area (Å²) in [7, 11) is 2.06. The number of amides is 2. The van der Waals surface area contributed by atoms with Crippen LogP contribution in [-0.2, 0) is 12.8 Å². The van der Waals surface area contributed by atoms with E-state index < -0.39 is 5.82 Å². The monoisotopic (exact) mass is 568 g/mol. The van der Waals surface area contributed by atoms with E-state index in [9.17, 15) is 9.18 Å². The van der Waals surface area contributed by atoms with Crippen molar-refractivity contribution in [2.24, 2.45) is 0 Å². The molecule has 0 spiro atoms. The molecule has 11 nitrogen and oxygen atoms in total. The maximum Gasteiger partial charge on any atom is 0.317 e. The van der Waals surface area contributed by atoms with Gasteiger partial charge in [0, 0.05) is 66.1 Å². The minimum atomic E-state index is -0.467. The molecule has 1 unspecified atom stereocenters. The lowest BCUT2D eigenvalue weighted by Crippen LogP contribution is -2.51. The van der Waals surface area contributed by atoms with Crippen LogP contribution >= 0.6 is 0 Å². The lowest BCUT2D eigenvalue weighted by molar-refractivity contribution is 0.152. The Morgan fingerprint density at radius 2 is 1.95 bits per heavy atom. The van der Waals surface area contributed by atoms with Gasteiger partial charge in [-0.25, -0.2) is 14.2 Å². The number of aryl methyl sites for hydroxylation is 1. The van der Waals surface area contributed by atoms with Crippen molar-refractivity contribution in [1.82, 2.24) is 44.7 Å². The van der Waals surface area contributed by atoms with Crippen LogP contribution in [0.1, 0.15) is 36.2 Å². The van der Waals surface area contributed by atoms with E-state index in [0.717, 1.165) is 49.6 Å². The average Bonchev–Trinajstić information content (AvgIpc) is 3.59. The molecule has 0 radical (unpaired) electrons. The summed E-state index contributed by atoms with van der Waals surface area (Å²) >= 11 is 0. The number of piperazine rings is 1. The van der Waals surface area contributed by atoms with Crippen LogP contribution in [0.3, 0.4) is 0 Å². The number of hydrogen-bond acceptors (Lipinski definition) is 7. The van der Waals surface area contributed by atoms with E-state index in [1.54, 1.807) is 16.9 Å². The van der Waals surface area contributed by atoms with Gasteiger partial charge in [-0.1, -0.05) is 18.2 Å². The smallest absolute Gasteiger partial charge is 0.317 e. The Morgan fingerprint density at radius 3 is 2.79 bits per heavy atom. The number of para-hydroxylation sites is 1. The number of aromatic amines is 1. The van der Waals surface area contributed by atoms with Crippen LogP contribution < -0.4 is 10.6 Å². The molecule has 5 aromatic rings. The van der Waals surface area contributed by atoms with E-state index in [4.69, 9.17) is 9.97 Å². The van der Waals surface area contributed by atoms with Gasteiger partial charge in [0.25, 0.3) is 0 Å². The molecule has 0 bridgehead atoms. The largest absolute Gasteiger partial charge is 0.358 e. The molecule has 7 rings (SSSR count). The van der Waals surface area contributed by atoms with Crippen molar-refractivity contribution in [2.75, 3.05) is 38.5 Å². The van der Waals surface area contributed by atoms with E-state index in [-0.39, 0.29) is 18.1 Å². The highest BCUT2D eigenvalue weighted by atomic mass is 19.1. The van der Waals surface area contributed by atoms with Gasteiger partial charge in [-0.05, 0) is 50.9 Å². The molecule has 42 heavy (non-hydrogen) atoms. The van der Waals surface area contributed by atoms with Crippen LogP contribution in [0, 0.1) is 5.82 Å². The Balaban J connectivity index is 1.21. The summed E-state index contributed by atoms with van der Waals surface area (Å²) in [5.74, 6) is 0.377. The number of urea groups is 1. The summed E-state index contributed by atoms with van der Waals surface area (Å²) in [5, 5.41) is 12.6. The van der Waals surface area contributed by atoms with E-state index >= 15 is 0 Å². The molecule has 3 N–H and O–H groups in total. The average molecular weight is 569 g/mol. The number of benzene rings is 1. The second-order valence-corrected chi connectivity index (χ2v) is 11.3. The summed E-state index contributed by atoms with van der Waals surface area (Å²) < 4.78 is 15.8. The zero-order valence-corrected chi connectivity index (χ0v) is 23.6. The number of pyridine rings is 1. The first-order valence-electron chi connectivity index (χ1n) is 14.4. The molecule has 2 atom stereocenters. The third kappa shape index (κ3) is 4.91. The van der Waals surface area contributed by atoms with Crippen molar-refractivity contribution in [3.05, 3.63) is 71.6 Å². The van der Waals surface area contributed by atoms with E-state index in [2.05, 4.69) is 55.8 Å². The van der Waals surface area contributed by atoms with Crippen molar-refractivity contribution in [3.63, 3.8) is 0 Å². The van der Waals surface area contributed by atoms with Gasteiger partial charge >= 0.3 is 6.03 Å². The number of aromatic nitrogens is 6. The summed E-state index contributed by atoms with van der Waals surface area (Å²) in [4.78, 5) is 34.2. The molecule has 1 fully saturated rings. The number of nitrogens with zero attached hydrogens (tertiary/aromatic N) is 7. The van der Waals surface area contributed by atoms with Gasteiger partial charge in [-0.2, -0.15) is 14.6 Å². The molecule has 2 amide bonds. The molecule has 12 heteroatoms. The molecule has 4 aromatic heterocycles. The lowest BCUT2D eigenvalue weighted by atomic mass is 9.91. The van der Waals surface area contributed by atoms with Crippen molar-refractivity contribution < 1.29 is 9.18 Å². The van der Waals surface area contributed by atoms with E-state index in [1.807, 2.05) is 17.9 Å². The number of anilines is 1. The van der Waals surface area contributed by atoms with E-state index in [0.29, 0.717) is 36.1 Å². The molecular weight excluding hydrogens is 535 g/mol. The molecule has 2 aliphatic rings. The summed E-state index contributed by atoms with van der Waals surface area (Å²) in [6.07, 6.45) is 7.07. The quantitative estimate of drug-likeness (QED) is 0.295. The summed E-state index contributed by atoms with van der Waals surface area (Å²) in [6, 6.07) is 9.38. The molecule has 1 saturated heterocycles. The van der Waals surface area contributed by atoms with Gasteiger partial charge in [0.2, 0.25) is 5.95 Å². The summed E-state index contributed by atoms with van der Waals surface area (Å²) in [5.41, 5.74) is 5.50. The molecule has 0 saturated carbocycles. The Bertz CT molecular complexity index is 1770. The predicted molar refractivity (Wildman–Crippen MR) is 158 cm³/mol. The second-order valence-electron chi connectivity index (χ2n) is 11.3. The van der Waals surface area contributed by atoms with Crippen LogP contribution in [0.25, 0.3) is 27.9 Å². The number of halogens is 1. The highest BCUT2D eigenvalue weighted by Crippen LogP contribution is 2.31. The third-order valence-electron chi connectivity index (χ3n) is 8.38. The normalized spacial score (nSPS) is 18.3. The summed E-state index contributed by atoms with van der Waals surface area (Å²) in [6.45, 7) is 4.95. The Kier molecular flexibility index (Phi) is 6.69. The van der Waals surface area contributed by atoms with Crippen molar-refractivity contribution in [3.8, 4) is 11.4 Å². The zero-order chi connectivity index (χ0) is 28.8. The van der Waals surface area contributed by atoms with Crippen LogP contribution in [-0.4, -0.2) is 84.6 Å². The van der Waals surface area contributed by atoms with Crippen molar-refractivity contribution in [2.45, 2.75) is 38.3 Å². The minimum Gasteiger partial charge on any atom is -0.358 e. The number of carbonyl (C=O) groups excluding carboxylic acids is 1. The Hall–Kier alpha value is -4.58. The molecule has 1 aliphatic carbocycles. The predicted octanol–water partition coefficient (Wildman–Crippen LogP) is 3.79. The first-order valence-corrected chi connectivity index (χ1v) is 14.4. The number of fused-ring (bicyclic) bond motifs is 4. The molecule has 216 valence electrons. The zero-order valence-electron chi connectivity index (χ0n) is 23.6. The topological polar surface area (TPSA) is 119 Å². The number of hydrogen-bond donors (Lipinski definition) is 3. The lowest BCUT2D eigenvalue weighted by Gasteiger charge is -2.33. The first kappa shape index (κ1) is 26.3.